The molecular weight excluding hydrogens is 366 g/mol. The molecule has 1 aliphatic rings. The SMILES string of the molecule is COc1cc2c(cc1OC)CN(C(=O)CCCNC(=O)NCCC(=O)O)CC2. The molecule has 0 spiro atoms. The first kappa shape index (κ1) is 21.3. The molecule has 0 fully saturated rings. The summed E-state index contributed by atoms with van der Waals surface area (Å²) in [7, 11) is 3.18. The first-order valence-electron chi connectivity index (χ1n) is 9.19. The van der Waals surface area contributed by atoms with E-state index in [0.29, 0.717) is 44.0 Å². The van der Waals surface area contributed by atoms with E-state index in [1.54, 1.807) is 19.1 Å². The summed E-state index contributed by atoms with van der Waals surface area (Å²) >= 11 is 0. The lowest BCUT2D eigenvalue weighted by Crippen LogP contribution is -2.38. The van der Waals surface area contributed by atoms with E-state index < -0.39 is 12.0 Å². The van der Waals surface area contributed by atoms with Gasteiger partial charge in [0.25, 0.3) is 0 Å². The van der Waals surface area contributed by atoms with Gasteiger partial charge < -0.3 is 30.1 Å². The summed E-state index contributed by atoms with van der Waals surface area (Å²) in [4.78, 5) is 36.1. The van der Waals surface area contributed by atoms with E-state index in [9.17, 15) is 14.4 Å². The van der Waals surface area contributed by atoms with Crippen molar-refractivity contribution in [1.82, 2.24) is 15.5 Å². The van der Waals surface area contributed by atoms with Gasteiger partial charge in [0.1, 0.15) is 0 Å². The van der Waals surface area contributed by atoms with Crippen molar-refractivity contribution in [1.29, 1.82) is 0 Å². The number of methoxy groups -OCH3 is 2. The number of nitrogens with zero attached hydrogens (tertiary/aromatic N) is 1. The zero-order valence-electron chi connectivity index (χ0n) is 16.2. The highest BCUT2D eigenvalue weighted by atomic mass is 16.5. The highest BCUT2D eigenvalue weighted by Gasteiger charge is 2.22. The van der Waals surface area contributed by atoms with Crippen LogP contribution >= 0.6 is 0 Å². The Morgan fingerprint density at radius 1 is 1.04 bits per heavy atom. The molecule has 0 saturated heterocycles. The number of ether oxygens (including phenoxy) is 2. The molecule has 3 amide bonds. The number of carboxylic acid groups (broad SMARTS) is 1. The maximum atomic E-state index is 12.5. The minimum absolute atomic E-state index is 0.0357. The number of amides is 3. The maximum Gasteiger partial charge on any atom is 0.314 e. The number of carbonyl (C=O) groups excluding carboxylic acids is 2. The van der Waals surface area contributed by atoms with E-state index in [4.69, 9.17) is 14.6 Å². The minimum Gasteiger partial charge on any atom is -0.493 e. The average molecular weight is 393 g/mol. The molecule has 0 saturated carbocycles. The van der Waals surface area contributed by atoms with Crippen LogP contribution in [0.15, 0.2) is 12.1 Å². The minimum atomic E-state index is -0.968. The van der Waals surface area contributed by atoms with Crippen molar-refractivity contribution in [3.63, 3.8) is 0 Å². The summed E-state index contributed by atoms with van der Waals surface area (Å²) in [5, 5.41) is 13.6. The van der Waals surface area contributed by atoms with Crippen LogP contribution in [0.25, 0.3) is 0 Å². The molecule has 1 aliphatic heterocycles. The number of benzene rings is 1. The topological polar surface area (TPSA) is 117 Å². The lowest BCUT2D eigenvalue weighted by atomic mass is 9.98. The number of urea groups is 1. The van der Waals surface area contributed by atoms with Crippen molar-refractivity contribution in [2.45, 2.75) is 32.2 Å². The van der Waals surface area contributed by atoms with Gasteiger partial charge in [-0.3, -0.25) is 9.59 Å². The van der Waals surface area contributed by atoms with Crippen molar-refractivity contribution < 1.29 is 29.0 Å². The molecular formula is C19H27N3O6. The Hall–Kier alpha value is -2.97. The van der Waals surface area contributed by atoms with Gasteiger partial charge in [-0.1, -0.05) is 0 Å². The van der Waals surface area contributed by atoms with Gasteiger partial charge in [0.15, 0.2) is 11.5 Å². The van der Waals surface area contributed by atoms with Gasteiger partial charge in [0.05, 0.1) is 20.6 Å². The fourth-order valence-electron chi connectivity index (χ4n) is 3.04. The first-order valence-corrected chi connectivity index (χ1v) is 9.19. The molecule has 0 aromatic heterocycles. The molecule has 2 rings (SSSR count). The predicted molar refractivity (Wildman–Crippen MR) is 102 cm³/mol. The van der Waals surface area contributed by atoms with Gasteiger partial charge in [-0.25, -0.2) is 4.79 Å². The number of fused-ring (bicyclic) bond motifs is 1. The van der Waals surface area contributed by atoms with Gasteiger partial charge in [-0.15, -0.1) is 0 Å². The number of hydrogen-bond acceptors (Lipinski definition) is 5. The van der Waals surface area contributed by atoms with E-state index in [0.717, 1.165) is 17.5 Å². The van der Waals surface area contributed by atoms with Crippen molar-refractivity contribution in [2.24, 2.45) is 0 Å². The number of carboxylic acids is 1. The number of nitrogens with one attached hydrogen (secondary N) is 2. The standard InChI is InChI=1S/C19H27N3O6/c1-27-15-10-13-6-9-22(12-14(13)11-16(15)28-2)17(23)4-3-7-20-19(26)21-8-5-18(24)25/h10-11H,3-9,12H2,1-2H3,(H,24,25)(H2,20,21,26). The highest BCUT2D eigenvalue weighted by molar-refractivity contribution is 5.77. The van der Waals surface area contributed by atoms with E-state index in [1.165, 1.54) is 0 Å². The molecule has 154 valence electrons. The zero-order chi connectivity index (χ0) is 20.5. The van der Waals surface area contributed by atoms with Crippen LogP contribution in [0.3, 0.4) is 0 Å². The fraction of sp³-hybridized carbons (Fsp3) is 0.526. The van der Waals surface area contributed by atoms with Gasteiger partial charge in [-0.2, -0.15) is 0 Å². The molecule has 9 heteroatoms. The first-order chi connectivity index (χ1) is 13.4. The van der Waals surface area contributed by atoms with Gasteiger partial charge in [0, 0.05) is 32.6 Å². The van der Waals surface area contributed by atoms with E-state index in [1.807, 2.05) is 12.1 Å². The van der Waals surface area contributed by atoms with Crippen LogP contribution in [0, 0.1) is 0 Å². The molecule has 9 nitrogen and oxygen atoms in total. The monoisotopic (exact) mass is 393 g/mol. The summed E-state index contributed by atoms with van der Waals surface area (Å²) in [6.45, 7) is 1.59. The van der Waals surface area contributed by atoms with E-state index in [2.05, 4.69) is 10.6 Å². The van der Waals surface area contributed by atoms with Gasteiger partial charge in [0.2, 0.25) is 5.91 Å². The average Bonchev–Trinajstić information content (AvgIpc) is 2.69. The van der Waals surface area contributed by atoms with Gasteiger partial charge >= 0.3 is 12.0 Å². The second kappa shape index (κ2) is 10.4. The van der Waals surface area contributed by atoms with E-state index in [-0.39, 0.29) is 18.9 Å². The van der Waals surface area contributed by atoms with Crippen LogP contribution in [-0.2, 0) is 22.6 Å². The van der Waals surface area contributed by atoms with E-state index >= 15 is 0 Å². The number of hydrogen-bond donors (Lipinski definition) is 3. The maximum absolute atomic E-state index is 12.5. The van der Waals surface area contributed by atoms with Crippen LogP contribution in [0.2, 0.25) is 0 Å². The number of aliphatic carboxylic acids is 1. The lowest BCUT2D eigenvalue weighted by molar-refractivity contribution is -0.137. The predicted octanol–water partition coefficient (Wildman–Crippen LogP) is 1.14. The third-order valence-corrected chi connectivity index (χ3v) is 4.55. The van der Waals surface area contributed by atoms with Crippen molar-refractivity contribution in [3.05, 3.63) is 23.3 Å². The summed E-state index contributed by atoms with van der Waals surface area (Å²) in [6, 6.07) is 3.45. The Kier molecular flexibility index (Phi) is 7.91. The molecule has 1 heterocycles. The quantitative estimate of drug-likeness (QED) is 0.542. The molecule has 0 atom stereocenters. The number of rotatable bonds is 9. The van der Waals surface area contributed by atoms with Crippen LogP contribution in [0.4, 0.5) is 4.79 Å². The van der Waals surface area contributed by atoms with Crippen molar-refractivity contribution in [3.8, 4) is 11.5 Å². The highest BCUT2D eigenvalue weighted by Crippen LogP contribution is 2.33. The Bertz CT molecular complexity index is 722. The second-order valence-electron chi connectivity index (χ2n) is 6.47. The smallest absolute Gasteiger partial charge is 0.314 e. The molecule has 0 bridgehead atoms. The lowest BCUT2D eigenvalue weighted by Gasteiger charge is -2.29. The molecule has 0 unspecified atom stereocenters. The molecule has 1 aromatic rings. The third kappa shape index (κ3) is 6.04. The molecule has 1 aromatic carbocycles. The van der Waals surface area contributed by atoms with Crippen LogP contribution in [0.1, 0.15) is 30.4 Å². The number of carbonyl (C=O) groups is 3. The summed E-state index contributed by atoms with van der Waals surface area (Å²) in [5.74, 6) is 0.404. The Morgan fingerprint density at radius 3 is 2.32 bits per heavy atom. The molecule has 28 heavy (non-hydrogen) atoms. The largest absolute Gasteiger partial charge is 0.493 e. The van der Waals surface area contributed by atoms with Crippen molar-refractivity contribution in [2.75, 3.05) is 33.9 Å². The van der Waals surface area contributed by atoms with Gasteiger partial charge in [-0.05, 0) is 36.1 Å². The Morgan fingerprint density at radius 2 is 1.68 bits per heavy atom. The fourth-order valence-corrected chi connectivity index (χ4v) is 3.04. The molecule has 0 aliphatic carbocycles. The van der Waals surface area contributed by atoms with Crippen LogP contribution < -0.4 is 20.1 Å². The second-order valence-corrected chi connectivity index (χ2v) is 6.47. The van der Waals surface area contributed by atoms with Crippen LogP contribution in [0.5, 0.6) is 11.5 Å². The third-order valence-electron chi connectivity index (χ3n) is 4.55. The Labute approximate surface area is 164 Å². The Balaban J connectivity index is 1.75. The molecule has 0 radical (unpaired) electrons. The summed E-state index contributed by atoms with van der Waals surface area (Å²) in [5.41, 5.74) is 2.20. The summed E-state index contributed by atoms with van der Waals surface area (Å²) < 4.78 is 10.7. The summed E-state index contributed by atoms with van der Waals surface area (Å²) in [6.07, 6.45) is 1.48. The normalized spacial score (nSPS) is 12.7. The molecule has 3 N–H and O–H groups in total. The van der Waals surface area contributed by atoms with Crippen molar-refractivity contribution >= 4 is 17.9 Å². The van der Waals surface area contributed by atoms with Crippen LogP contribution in [-0.4, -0.2) is 61.8 Å². The zero-order valence-corrected chi connectivity index (χ0v) is 16.2.